The van der Waals surface area contributed by atoms with Gasteiger partial charge in [-0.05, 0) is 60.2 Å². The number of carbonyl (C=O) groups is 4. The molecule has 0 bridgehead atoms. The molecule has 56 heavy (non-hydrogen) atoms. The van der Waals surface area contributed by atoms with Crippen molar-refractivity contribution in [1.82, 2.24) is 10.6 Å². The molecule has 0 heterocycles. The van der Waals surface area contributed by atoms with Crippen LogP contribution in [-0.4, -0.2) is 89.1 Å². The number of carbonyl (C=O) groups excluding carboxylic acids is 4. The maximum atomic E-state index is 12.8. The fraction of sp³-hybridized carbons (Fsp3) is 0.381. The highest BCUT2D eigenvalue weighted by atomic mass is 16.6. The molecule has 3 rings (SSSR count). The molecular formula is C42H52N2O12. The highest BCUT2D eigenvalue weighted by molar-refractivity contribution is 5.81. The fourth-order valence-corrected chi connectivity index (χ4v) is 4.59. The highest BCUT2D eigenvalue weighted by Gasteiger charge is 2.23. The molecule has 0 aliphatic carbocycles. The average molecular weight is 777 g/mol. The van der Waals surface area contributed by atoms with Crippen molar-refractivity contribution in [3.05, 3.63) is 110 Å². The summed E-state index contributed by atoms with van der Waals surface area (Å²) < 4.78 is 45.5. The van der Waals surface area contributed by atoms with Crippen LogP contribution in [0.5, 0.6) is 23.0 Å². The molecule has 302 valence electrons. The van der Waals surface area contributed by atoms with Crippen molar-refractivity contribution in [2.75, 3.05) is 52.7 Å². The van der Waals surface area contributed by atoms with Crippen LogP contribution in [0.25, 0.3) is 0 Å². The Hall–Kier alpha value is -6.18. The van der Waals surface area contributed by atoms with Gasteiger partial charge in [-0.15, -0.1) is 0 Å². The van der Waals surface area contributed by atoms with Crippen LogP contribution in [0, 0.1) is 0 Å². The molecule has 3 aromatic rings. The molecule has 2 atom stereocenters. The van der Waals surface area contributed by atoms with E-state index in [1.54, 1.807) is 30.3 Å². The van der Waals surface area contributed by atoms with E-state index >= 15 is 0 Å². The van der Waals surface area contributed by atoms with Crippen molar-refractivity contribution in [3.63, 3.8) is 0 Å². The van der Waals surface area contributed by atoms with Crippen LogP contribution in [0.3, 0.4) is 0 Å². The van der Waals surface area contributed by atoms with E-state index in [-0.39, 0.29) is 58.1 Å². The van der Waals surface area contributed by atoms with Crippen molar-refractivity contribution in [2.24, 2.45) is 0 Å². The van der Waals surface area contributed by atoms with Crippen molar-refractivity contribution >= 4 is 24.1 Å². The largest absolute Gasteiger partial charge is 0.490 e. The lowest BCUT2D eigenvalue weighted by Gasteiger charge is -2.24. The van der Waals surface area contributed by atoms with E-state index in [1.165, 1.54) is 0 Å². The third-order valence-corrected chi connectivity index (χ3v) is 7.57. The number of ether oxygens (including phenoxy) is 8. The molecule has 14 heteroatoms. The van der Waals surface area contributed by atoms with Crippen molar-refractivity contribution in [2.45, 2.75) is 51.2 Å². The number of amides is 2. The van der Waals surface area contributed by atoms with Crippen LogP contribution in [0.1, 0.15) is 39.2 Å². The average Bonchev–Trinajstić information content (AvgIpc) is 3.19. The minimum Gasteiger partial charge on any atom is -0.490 e. The Labute approximate surface area is 328 Å². The molecule has 0 saturated heterocycles. The zero-order valence-corrected chi connectivity index (χ0v) is 32.2. The van der Waals surface area contributed by atoms with Crippen LogP contribution in [0.4, 0.5) is 9.59 Å². The number of hydrogen-bond acceptors (Lipinski definition) is 12. The van der Waals surface area contributed by atoms with E-state index in [1.807, 2.05) is 48.5 Å². The predicted octanol–water partition coefficient (Wildman–Crippen LogP) is 6.33. The summed E-state index contributed by atoms with van der Waals surface area (Å²) in [4.78, 5) is 48.1. The first kappa shape index (κ1) is 44.2. The van der Waals surface area contributed by atoms with Gasteiger partial charge in [0.2, 0.25) is 0 Å². The van der Waals surface area contributed by atoms with Gasteiger partial charge in [-0.25, -0.2) is 19.2 Å². The van der Waals surface area contributed by atoms with Gasteiger partial charge in [-0.1, -0.05) is 76.4 Å². The predicted molar refractivity (Wildman–Crippen MR) is 208 cm³/mol. The number of para-hydroxylation sites is 2. The molecule has 2 amide bonds. The third-order valence-electron chi connectivity index (χ3n) is 7.57. The Kier molecular flexibility index (Phi) is 19.2. The molecule has 0 aliphatic heterocycles. The minimum atomic E-state index is -0.862. The second kappa shape index (κ2) is 24.3. The summed E-state index contributed by atoms with van der Waals surface area (Å²) in [6, 6.07) is 23.6. The van der Waals surface area contributed by atoms with Gasteiger partial charge in [0, 0.05) is 25.2 Å². The number of rotatable bonds is 24. The van der Waals surface area contributed by atoms with Gasteiger partial charge in [-0.2, -0.15) is 0 Å². The molecule has 2 N–H and O–H groups in total. The van der Waals surface area contributed by atoms with Crippen LogP contribution < -0.4 is 29.6 Å². The van der Waals surface area contributed by atoms with Crippen molar-refractivity contribution in [3.8, 4) is 23.0 Å². The topological polar surface area (TPSA) is 166 Å². The van der Waals surface area contributed by atoms with E-state index in [0.29, 0.717) is 35.8 Å². The van der Waals surface area contributed by atoms with Gasteiger partial charge in [-0.3, -0.25) is 0 Å². The molecule has 0 saturated carbocycles. The molecule has 14 nitrogen and oxygen atoms in total. The summed E-state index contributed by atoms with van der Waals surface area (Å²) in [7, 11) is 0. The zero-order chi connectivity index (χ0) is 40.6. The molecule has 0 spiro atoms. The number of alkyl carbamates (subject to hydrolysis) is 2. The Bertz CT molecular complexity index is 1680. The molecule has 0 aliphatic rings. The third kappa shape index (κ3) is 17.8. The second-order valence-electron chi connectivity index (χ2n) is 13.1. The number of nitrogens with one attached hydrogen (secondary N) is 2. The highest BCUT2D eigenvalue weighted by Crippen LogP contribution is 2.34. The van der Waals surface area contributed by atoms with E-state index < -0.39 is 36.3 Å². The molecule has 2 unspecified atom stereocenters. The van der Waals surface area contributed by atoms with E-state index in [0.717, 1.165) is 17.7 Å². The van der Waals surface area contributed by atoms with Gasteiger partial charge in [0.25, 0.3) is 0 Å². The smallest absolute Gasteiger partial charge is 0.407 e. The first-order chi connectivity index (χ1) is 27.0. The SMILES string of the molecule is C=CC(=O)OCCCNC(=O)OC(COc1ccccc1)COc1ccc(C(C)(C)C)cc1OCC(COc1ccccc1)OC(=O)NCCCOC(=O)C=C. The summed E-state index contributed by atoms with van der Waals surface area (Å²) in [5, 5.41) is 5.28. The van der Waals surface area contributed by atoms with Crippen LogP contribution in [0.15, 0.2) is 104 Å². The number of hydrogen-bond donors (Lipinski definition) is 2. The first-order valence-electron chi connectivity index (χ1n) is 18.2. The van der Waals surface area contributed by atoms with Crippen LogP contribution >= 0.6 is 0 Å². The van der Waals surface area contributed by atoms with Crippen molar-refractivity contribution < 1.29 is 57.1 Å². The Morgan fingerprint density at radius 2 is 1.04 bits per heavy atom. The Balaban J connectivity index is 1.72. The van der Waals surface area contributed by atoms with Gasteiger partial charge >= 0.3 is 24.1 Å². The van der Waals surface area contributed by atoms with E-state index in [9.17, 15) is 19.2 Å². The lowest BCUT2D eigenvalue weighted by Crippen LogP contribution is -2.37. The lowest BCUT2D eigenvalue weighted by atomic mass is 9.87. The quantitative estimate of drug-likeness (QED) is 0.0450. The number of benzene rings is 3. The van der Waals surface area contributed by atoms with Gasteiger partial charge < -0.3 is 48.5 Å². The van der Waals surface area contributed by atoms with Gasteiger partial charge in [0.1, 0.15) is 37.9 Å². The van der Waals surface area contributed by atoms with Crippen LogP contribution in [0.2, 0.25) is 0 Å². The Morgan fingerprint density at radius 1 is 0.607 bits per heavy atom. The Morgan fingerprint density at radius 3 is 1.46 bits per heavy atom. The van der Waals surface area contributed by atoms with Crippen molar-refractivity contribution in [1.29, 1.82) is 0 Å². The van der Waals surface area contributed by atoms with Crippen LogP contribution in [-0.2, 0) is 34.0 Å². The summed E-state index contributed by atoms with van der Waals surface area (Å²) in [6.45, 7) is 13.2. The zero-order valence-electron chi connectivity index (χ0n) is 32.2. The maximum absolute atomic E-state index is 12.8. The first-order valence-corrected chi connectivity index (χ1v) is 18.2. The van der Waals surface area contributed by atoms with Gasteiger partial charge in [0.15, 0.2) is 23.7 Å². The summed E-state index contributed by atoms with van der Waals surface area (Å²) in [5.41, 5.74) is 0.700. The monoisotopic (exact) mass is 776 g/mol. The molecule has 3 aromatic carbocycles. The molecule has 0 aromatic heterocycles. The summed E-state index contributed by atoms with van der Waals surface area (Å²) >= 11 is 0. The summed E-state index contributed by atoms with van der Waals surface area (Å²) in [6.07, 6.45) is -0.270. The number of esters is 2. The molecule has 0 fully saturated rings. The van der Waals surface area contributed by atoms with E-state index in [2.05, 4.69) is 44.6 Å². The summed E-state index contributed by atoms with van der Waals surface area (Å²) in [5.74, 6) is 0.760. The molecule has 0 radical (unpaired) electrons. The minimum absolute atomic E-state index is 0.0246. The van der Waals surface area contributed by atoms with E-state index in [4.69, 9.17) is 37.9 Å². The second-order valence-corrected chi connectivity index (χ2v) is 13.1. The van der Waals surface area contributed by atoms with Gasteiger partial charge in [0.05, 0.1) is 13.2 Å². The lowest BCUT2D eigenvalue weighted by molar-refractivity contribution is -0.138. The molecular weight excluding hydrogens is 724 g/mol. The normalized spacial score (nSPS) is 11.8. The fourth-order valence-electron chi connectivity index (χ4n) is 4.59. The standard InChI is InChI=1S/C42H52N2O12/c1-6-38(45)49-24-14-22-43-40(47)55-34(27-51-32-16-10-8-11-17-32)29-53-36-21-20-31(42(3,4)5)26-37(36)54-30-35(28-52-33-18-12-9-13-19-33)56-41(48)44-23-15-25-50-39(46)7-2/h6-13,16-21,26,34-35H,1-2,14-15,22-25,27-30H2,3-5H3,(H,43,47)(H,44,48). The maximum Gasteiger partial charge on any atom is 0.407 e.